The number of benzene rings is 1. The van der Waals surface area contributed by atoms with E-state index < -0.39 is 6.09 Å². The lowest BCUT2D eigenvalue weighted by Crippen LogP contribution is -2.35. The number of hydrogen-bond acceptors (Lipinski definition) is 8. The minimum atomic E-state index is -0.422. The molecule has 9 nitrogen and oxygen atoms in total. The van der Waals surface area contributed by atoms with Gasteiger partial charge in [-0.1, -0.05) is 6.07 Å². The second-order valence-corrected chi connectivity index (χ2v) is 9.24. The third-order valence-electron chi connectivity index (χ3n) is 5.87. The highest BCUT2D eigenvalue weighted by Crippen LogP contribution is 2.37. The number of nitriles is 1. The summed E-state index contributed by atoms with van der Waals surface area (Å²) in [6.07, 6.45) is 4.08. The highest BCUT2D eigenvalue weighted by atomic mass is 32.1. The molecule has 36 heavy (non-hydrogen) atoms. The van der Waals surface area contributed by atoms with Crippen molar-refractivity contribution in [2.75, 3.05) is 26.1 Å². The van der Waals surface area contributed by atoms with Gasteiger partial charge in [-0.25, -0.2) is 4.79 Å². The fourth-order valence-corrected chi connectivity index (χ4v) is 5.23. The SMILES string of the molecule is COc1ccc(OC)c(CCC(=O)Nc2sc3c(c2C#N)CCN(C(=O)OCc2cccnc2)C3)c1. The van der Waals surface area contributed by atoms with E-state index >= 15 is 0 Å². The van der Waals surface area contributed by atoms with Crippen molar-refractivity contribution in [3.8, 4) is 17.6 Å². The summed E-state index contributed by atoms with van der Waals surface area (Å²) in [4.78, 5) is 31.8. The standard InChI is InChI=1S/C26H26N4O5S/c1-33-19-6-7-22(34-2)18(12-19)5-8-24(31)29-25-21(13-27)20-9-11-30(15-23(20)36-25)26(32)35-16-17-4-3-10-28-14-17/h3-4,6-7,10,12,14H,5,8-9,11,15-16H2,1-2H3,(H,29,31). The van der Waals surface area contributed by atoms with E-state index in [9.17, 15) is 14.9 Å². The molecule has 0 radical (unpaired) electrons. The normalized spacial score (nSPS) is 12.3. The number of anilines is 1. The van der Waals surface area contributed by atoms with Gasteiger partial charge >= 0.3 is 6.09 Å². The Hall–Kier alpha value is -4.10. The lowest BCUT2D eigenvalue weighted by molar-refractivity contribution is -0.116. The van der Waals surface area contributed by atoms with E-state index in [4.69, 9.17) is 14.2 Å². The van der Waals surface area contributed by atoms with E-state index in [0.29, 0.717) is 48.0 Å². The molecule has 3 heterocycles. The van der Waals surface area contributed by atoms with Gasteiger partial charge < -0.3 is 24.4 Å². The topological polar surface area (TPSA) is 114 Å². The molecule has 10 heteroatoms. The Morgan fingerprint density at radius 1 is 1.25 bits per heavy atom. The Balaban J connectivity index is 1.38. The number of nitrogens with zero attached hydrogens (tertiary/aromatic N) is 3. The monoisotopic (exact) mass is 506 g/mol. The van der Waals surface area contributed by atoms with Gasteiger partial charge in [0.1, 0.15) is 29.2 Å². The van der Waals surface area contributed by atoms with Gasteiger partial charge in [0.05, 0.1) is 26.3 Å². The number of nitrogens with one attached hydrogen (secondary N) is 1. The predicted octanol–water partition coefficient (Wildman–Crippen LogP) is 4.30. The van der Waals surface area contributed by atoms with Crippen LogP contribution in [0.2, 0.25) is 0 Å². The number of amides is 2. The van der Waals surface area contributed by atoms with Crippen molar-refractivity contribution in [3.05, 3.63) is 69.9 Å². The quantitative estimate of drug-likeness (QED) is 0.485. The lowest BCUT2D eigenvalue weighted by atomic mass is 10.0. The van der Waals surface area contributed by atoms with Crippen LogP contribution in [-0.4, -0.2) is 42.6 Å². The van der Waals surface area contributed by atoms with Crippen molar-refractivity contribution in [2.24, 2.45) is 0 Å². The maximum absolute atomic E-state index is 12.7. The third kappa shape index (κ3) is 5.75. The maximum atomic E-state index is 12.7. The Morgan fingerprint density at radius 3 is 2.83 bits per heavy atom. The number of rotatable bonds is 8. The first kappa shape index (κ1) is 25.0. The van der Waals surface area contributed by atoms with Gasteiger partial charge in [-0.05, 0) is 48.2 Å². The Kier molecular flexibility index (Phi) is 8.02. The molecule has 0 bridgehead atoms. The van der Waals surface area contributed by atoms with E-state index in [1.54, 1.807) is 49.7 Å². The van der Waals surface area contributed by atoms with Crippen LogP contribution in [0.25, 0.3) is 0 Å². The van der Waals surface area contributed by atoms with Crippen LogP contribution in [0, 0.1) is 11.3 Å². The number of hydrogen-bond donors (Lipinski definition) is 1. The molecule has 2 aromatic heterocycles. The van der Waals surface area contributed by atoms with Crippen molar-refractivity contribution in [2.45, 2.75) is 32.4 Å². The second-order valence-electron chi connectivity index (χ2n) is 8.13. The number of thiophene rings is 1. The summed E-state index contributed by atoms with van der Waals surface area (Å²) in [6, 6.07) is 11.3. The highest BCUT2D eigenvalue weighted by molar-refractivity contribution is 7.16. The molecule has 1 N–H and O–H groups in total. The van der Waals surface area contributed by atoms with Crippen molar-refractivity contribution in [1.29, 1.82) is 5.26 Å². The third-order valence-corrected chi connectivity index (χ3v) is 7.01. The average Bonchev–Trinajstić information content (AvgIpc) is 3.26. The largest absolute Gasteiger partial charge is 0.497 e. The van der Waals surface area contributed by atoms with Gasteiger partial charge in [0.2, 0.25) is 5.91 Å². The molecule has 0 fully saturated rings. The first-order valence-electron chi connectivity index (χ1n) is 11.4. The Bertz CT molecular complexity index is 1290. The van der Waals surface area contributed by atoms with E-state index in [2.05, 4.69) is 16.4 Å². The van der Waals surface area contributed by atoms with Gasteiger partial charge in [0, 0.05) is 35.8 Å². The number of fused-ring (bicyclic) bond motifs is 1. The van der Waals surface area contributed by atoms with Gasteiger partial charge in [-0.15, -0.1) is 11.3 Å². The second kappa shape index (κ2) is 11.6. The molecule has 0 spiro atoms. The zero-order chi connectivity index (χ0) is 25.5. The predicted molar refractivity (Wildman–Crippen MR) is 134 cm³/mol. The van der Waals surface area contributed by atoms with E-state index in [1.165, 1.54) is 11.3 Å². The van der Waals surface area contributed by atoms with Crippen LogP contribution >= 0.6 is 11.3 Å². The molecular formula is C26H26N4O5S. The van der Waals surface area contributed by atoms with Gasteiger partial charge in [0.15, 0.2) is 0 Å². The molecule has 1 aliphatic heterocycles. The zero-order valence-electron chi connectivity index (χ0n) is 20.1. The molecule has 2 amide bonds. The molecule has 0 saturated carbocycles. The molecule has 0 aliphatic carbocycles. The molecule has 1 aliphatic rings. The Morgan fingerprint density at radius 2 is 2.11 bits per heavy atom. The van der Waals surface area contributed by atoms with E-state index in [-0.39, 0.29) is 18.9 Å². The van der Waals surface area contributed by atoms with Crippen molar-refractivity contribution < 1.29 is 23.8 Å². The van der Waals surface area contributed by atoms with Crippen LogP contribution < -0.4 is 14.8 Å². The fraction of sp³-hybridized carbons (Fsp3) is 0.308. The number of carbonyl (C=O) groups is 2. The molecule has 3 aromatic rings. The molecule has 186 valence electrons. The summed E-state index contributed by atoms with van der Waals surface area (Å²) in [6.45, 7) is 0.911. The summed E-state index contributed by atoms with van der Waals surface area (Å²) in [5.74, 6) is 1.17. The van der Waals surface area contributed by atoms with E-state index in [0.717, 1.165) is 21.6 Å². The van der Waals surface area contributed by atoms with E-state index in [1.807, 2.05) is 12.1 Å². The first-order valence-corrected chi connectivity index (χ1v) is 12.2. The highest BCUT2D eigenvalue weighted by Gasteiger charge is 2.28. The summed E-state index contributed by atoms with van der Waals surface area (Å²) in [7, 11) is 3.17. The maximum Gasteiger partial charge on any atom is 0.410 e. The van der Waals surface area contributed by atoms with Crippen LogP contribution in [0.15, 0.2) is 42.7 Å². The molecular weight excluding hydrogens is 480 g/mol. The molecule has 1 aromatic carbocycles. The van der Waals surface area contributed by atoms with Crippen molar-refractivity contribution >= 4 is 28.3 Å². The molecule has 4 rings (SSSR count). The van der Waals surface area contributed by atoms with Gasteiger partial charge in [0.25, 0.3) is 0 Å². The zero-order valence-corrected chi connectivity index (χ0v) is 20.9. The number of aromatic nitrogens is 1. The fourth-order valence-electron chi connectivity index (χ4n) is 4.00. The lowest BCUT2D eigenvalue weighted by Gasteiger charge is -2.26. The van der Waals surface area contributed by atoms with Crippen LogP contribution in [0.4, 0.5) is 9.80 Å². The van der Waals surface area contributed by atoms with Crippen LogP contribution in [-0.2, 0) is 35.5 Å². The number of ether oxygens (including phenoxy) is 3. The van der Waals surface area contributed by atoms with Crippen molar-refractivity contribution in [3.63, 3.8) is 0 Å². The van der Waals surface area contributed by atoms with Crippen LogP contribution in [0.5, 0.6) is 11.5 Å². The average molecular weight is 507 g/mol. The van der Waals surface area contributed by atoms with Crippen molar-refractivity contribution in [1.82, 2.24) is 9.88 Å². The Labute approximate surface area is 213 Å². The molecule has 0 saturated heterocycles. The van der Waals surface area contributed by atoms with Crippen LogP contribution in [0.1, 0.15) is 33.6 Å². The summed E-state index contributed by atoms with van der Waals surface area (Å²) >= 11 is 1.33. The number of pyridine rings is 1. The minimum Gasteiger partial charge on any atom is -0.497 e. The van der Waals surface area contributed by atoms with Gasteiger partial charge in [-0.3, -0.25) is 9.78 Å². The minimum absolute atomic E-state index is 0.142. The number of aryl methyl sites for hydroxylation is 1. The summed E-state index contributed by atoms with van der Waals surface area (Å²) in [5.41, 5.74) is 3.01. The van der Waals surface area contributed by atoms with Gasteiger partial charge in [-0.2, -0.15) is 5.26 Å². The first-order chi connectivity index (χ1) is 17.5. The summed E-state index contributed by atoms with van der Waals surface area (Å²) in [5, 5.41) is 13.2. The molecule has 0 atom stereocenters. The molecule has 0 unspecified atom stereocenters. The summed E-state index contributed by atoms with van der Waals surface area (Å²) < 4.78 is 16.1. The number of methoxy groups -OCH3 is 2. The smallest absolute Gasteiger partial charge is 0.410 e. The van der Waals surface area contributed by atoms with Crippen LogP contribution in [0.3, 0.4) is 0 Å². The number of carbonyl (C=O) groups excluding carboxylic acids is 2.